The number of aromatic hydroxyl groups is 1. The van der Waals surface area contributed by atoms with Crippen molar-refractivity contribution in [3.05, 3.63) is 53.6 Å². The molecule has 0 bridgehead atoms. The van der Waals surface area contributed by atoms with E-state index in [1.54, 1.807) is 26.4 Å². The van der Waals surface area contributed by atoms with Crippen molar-refractivity contribution >= 4 is 5.96 Å². The number of nitrogens with one attached hydrogen (secondary N) is 2. The molecule has 2 aromatic carbocycles. The Kier molecular flexibility index (Phi) is 8.29. The Balaban J connectivity index is 1.87. The molecule has 0 aliphatic carbocycles. The van der Waals surface area contributed by atoms with Gasteiger partial charge in [0.1, 0.15) is 5.75 Å². The number of aliphatic imine (C=N–C) groups is 1. The minimum Gasteiger partial charge on any atom is -0.508 e. The Hall–Kier alpha value is -2.89. The van der Waals surface area contributed by atoms with Crippen LogP contribution in [-0.4, -0.2) is 38.4 Å². The summed E-state index contributed by atoms with van der Waals surface area (Å²) in [6, 6.07) is 13.2. The summed E-state index contributed by atoms with van der Waals surface area (Å²) in [4.78, 5) is 4.64. The smallest absolute Gasteiger partial charge is 0.191 e. The van der Waals surface area contributed by atoms with E-state index in [1.807, 2.05) is 37.3 Å². The number of ether oxygens (including phenoxy) is 2. The van der Waals surface area contributed by atoms with Gasteiger partial charge in [0.25, 0.3) is 0 Å². The average Bonchev–Trinajstić information content (AvgIpc) is 2.70. The quantitative estimate of drug-likeness (QED) is 0.359. The number of nitrogens with zero attached hydrogens (tertiary/aromatic N) is 1. The van der Waals surface area contributed by atoms with Crippen LogP contribution in [0.5, 0.6) is 17.2 Å². The van der Waals surface area contributed by atoms with Gasteiger partial charge >= 0.3 is 0 Å². The normalized spacial score (nSPS) is 11.1. The second-order valence-electron chi connectivity index (χ2n) is 6.08. The molecule has 0 heterocycles. The lowest BCUT2D eigenvalue weighted by Gasteiger charge is -2.12. The molecule has 0 unspecified atom stereocenters. The Labute approximate surface area is 161 Å². The van der Waals surface area contributed by atoms with Gasteiger partial charge in [-0.2, -0.15) is 0 Å². The number of benzene rings is 2. The summed E-state index contributed by atoms with van der Waals surface area (Å²) in [7, 11) is 3.26. The molecule has 0 aliphatic heterocycles. The van der Waals surface area contributed by atoms with Gasteiger partial charge in [-0.3, -0.25) is 0 Å². The van der Waals surface area contributed by atoms with Crippen LogP contribution in [0.2, 0.25) is 0 Å². The third-order valence-corrected chi connectivity index (χ3v) is 4.08. The Morgan fingerprint density at radius 2 is 1.67 bits per heavy atom. The molecule has 2 rings (SSSR count). The fourth-order valence-corrected chi connectivity index (χ4v) is 2.65. The number of phenolic OH excluding ortho intramolecular Hbond substituents is 1. The van der Waals surface area contributed by atoms with Crippen molar-refractivity contribution < 1.29 is 14.6 Å². The number of aryl methyl sites for hydroxylation is 1. The van der Waals surface area contributed by atoms with E-state index in [-0.39, 0.29) is 0 Å². The van der Waals surface area contributed by atoms with Crippen molar-refractivity contribution in [1.82, 2.24) is 10.6 Å². The zero-order valence-corrected chi connectivity index (χ0v) is 16.3. The number of phenols is 1. The number of rotatable bonds is 9. The summed E-state index contributed by atoms with van der Waals surface area (Å²) in [5, 5.41) is 15.9. The zero-order valence-electron chi connectivity index (χ0n) is 16.3. The third-order valence-electron chi connectivity index (χ3n) is 4.08. The number of guanidine groups is 1. The van der Waals surface area contributed by atoms with Crippen LogP contribution >= 0.6 is 0 Å². The largest absolute Gasteiger partial charge is 0.508 e. The van der Waals surface area contributed by atoms with Crippen molar-refractivity contribution in [2.45, 2.75) is 26.3 Å². The highest BCUT2D eigenvalue weighted by Crippen LogP contribution is 2.27. The van der Waals surface area contributed by atoms with Crippen LogP contribution in [-0.2, 0) is 13.0 Å². The molecular weight excluding hydrogens is 342 g/mol. The van der Waals surface area contributed by atoms with Crippen LogP contribution in [0.1, 0.15) is 24.5 Å². The molecule has 0 amide bonds. The molecule has 0 aromatic heterocycles. The SMILES string of the molecule is CCNC(=NCc1ccc(OC)c(OC)c1)NCCCc1ccc(O)cc1. The predicted octanol–water partition coefficient (Wildman–Crippen LogP) is 3.10. The maximum Gasteiger partial charge on any atom is 0.191 e. The highest BCUT2D eigenvalue weighted by molar-refractivity contribution is 5.79. The number of hydrogen-bond donors (Lipinski definition) is 3. The maximum absolute atomic E-state index is 9.32. The van der Waals surface area contributed by atoms with Gasteiger partial charge in [-0.1, -0.05) is 18.2 Å². The number of methoxy groups -OCH3 is 2. The highest BCUT2D eigenvalue weighted by Gasteiger charge is 2.05. The van der Waals surface area contributed by atoms with Gasteiger partial charge in [0, 0.05) is 13.1 Å². The van der Waals surface area contributed by atoms with Crippen LogP contribution in [0, 0.1) is 0 Å². The van der Waals surface area contributed by atoms with Gasteiger partial charge in [-0.25, -0.2) is 4.99 Å². The monoisotopic (exact) mass is 371 g/mol. The first-order valence-electron chi connectivity index (χ1n) is 9.17. The summed E-state index contributed by atoms with van der Waals surface area (Å²) in [6.45, 7) is 4.21. The second-order valence-corrected chi connectivity index (χ2v) is 6.08. The van der Waals surface area contributed by atoms with Crippen molar-refractivity contribution in [1.29, 1.82) is 0 Å². The van der Waals surface area contributed by atoms with Crippen molar-refractivity contribution in [2.75, 3.05) is 27.3 Å². The molecule has 3 N–H and O–H groups in total. The van der Waals surface area contributed by atoms with E-state index < -0.39 is 0 Å². The van der Waals surface area contributed by atoms with Gasteiger partial charge in [-0.15, -0.1) is 0 Å². The topological polar surface area (TPSA) is 75.1 Å². The van der Waals surface area contributed by atoms with Crippen molar-refractivity contribution in [2.24, 2.45) is 4.99 Å². The Morgan fingerprint density at radius 1 is 0.963 bits per heavy atom. The van der Waals surface area contributed by atoms with E-state index in [1.165, 1.54) is 5.56 Å². The lowest BCUT2D eigenvalue weighted by molar-refractivity contribution is 0.354. The zero-order chi connectivity index (χ0) is 19.5. The molecule has 146 valence electrons. The molecule has 0 aliphatic rings. The van der Waals surface area contributed by atoms with Gasteiger partial charge < -0.3 is 25.2 Å². The Bertz CT molecular complexity index is 730. The summed E-state index contributed by atoms with van der Waals surface area (Å²) in [5.41, 5.74) is 2.26. The Morgan fingerprint density at radius 3 is 2.33 bits per heavy atom. The number of hydrogen-bond acceptors (Lipinski definition) is 4. The molecule has 0 saturated carbocycles. The van der Waals surface area contributed by atoms with Gasteiger partial charge in [-0.05, 0) is 55.2 Å². The first kappa shape index (κ1) is 20.4. The van der Waals surface area contributed by atoms with Crippen LogP contribution in [0.25, 0.3) is 0 Å². The van der Waals surface area contributed by atoms with E-state index in [9.17, 15) is 5.11 Å². The molecule has 6 heteroatoms. The summed E-state index contributed by atoms with van der Waals surface area (Å²) >= 11 is 0. The third kappa shape index (κ3) is 6.73. The average molecular weight is 371 g/mol. The highest BCUT2D eigenvalue weighted by atomic mass is 16.5. The standard InChI is InChI=1S/C21H29N3O3/c1-4-22-21(23-13-5-6-16-7-10-18(25)11-8-16)24-15-17-9-12-19(26-2)20(14-17)27-3/h7-12,14,25H,4-6,13,15H2,1-3H3,(H2,22,23,24). The molecule has 0 spiro atoms. The van der Waals surface area contributed by atoms with Gasteiger partial charge in [0.2, 0.25) is 0 Å². The second kappa shape index (κ2) is 11.0. The molecule has 0 fully saturated rings. The van der Waals surface area contributed by atoms with Gasteiger partial charge in [0.15, 0.2) is 17.5 Å². The fraction of sp³-hybridized carbons (Fsp3) is 0.381. The first-order valence-corrected chi connectivity index (χ1v) is 9.17. The molecular formula is C21H29N3O3. The molecule has 6 nitrogen and oxygen atoms in total. The minimum atomic E-state index is 0.300. The summed E-state index contributed by atoms with van der Waals surface area (Å²) in [5.74, 6) is 2.51. The molecule has 27 heavy (non-hydrogen) atoms. The molecule has 0 atom stereocenters. The lowest BCUT2D eigenvalue weighted by Crippen LogP contribution is -2.37. The molecule has 2 aromatic rings. The summed E-state index contributed by atoms with van der Waals surface area (Å²) in [6.07, 6.45) is 1.92. The molecule has 0 radical (unpaired) electrons. The van der Waals surface area contributed by atoms with Crippen LogP contribution in [0.15, 0.2) is 47.5 Å². The van der Waals surface area contributed by atoms with Crippen molar-refractivity contribution in [3.63, 3.8) is 0 Å². The van der Waals surface area contributed by atoms with Crippen LogP contribution in [0.4, 0.5) is 0 Å². The van der Waals surface area contributed by atoms with Crippen LogP contribution < -0.4 is 20.1 Å². The van der Waals surface area contributed by atoms with Crippen molar-refractivity contribution in [3.8, 4) is 17.2 Å². The predicted molar refractivity (Wildman–Crippen MR) is 109 cm³/mol. The minimum absolute atomic E-state index is 0.300. The van der Waals surface area contributed by atoms with E-state index in [2.05, 4.69) is 15.6 Å². The van der Waals surface area contributed by atoms with Gasteiger partial charge in [0.05, 0.1) is 20.8 Å². The fourth-order valence-electron chi connectivity index (χ4n) is 2.65. The maximum atomic E-state index is 9.32. The van der Waals surface area contributed by atoms with E-state index in [0.717, 1.165) is 37.5 Å². The first-order chi connectivity index (χ1) is 13.2. The molecule has 0 saturated heterocycles. The van der Waals surface area contributed by atoms with E-state index in [4.69, 9.17) is 9.47 Å². The van der Waals surface area contributed by atoms with E-state index in [0.29, 0.717) is 23.8 Å². The van der Waals surface area contributed by atoms with Crippen LogP contribution in [0.3, 0.4) is 0 Å². The lowest BCUT2D eigenvalue weighted by atomic mass is 10.1. The van der Waals surface area contributed by atoms with E-state index >= 15 is 0 Å². The summed E-state index contributed by atoms with van der Waals surface area (Å²) < 4.78 is 10.6.